The summed E-state index contributed by atoms with van der Waals surface area (Å²) in [5.74, 6) is 0.0946. The molecular formula is C20H25NO6S. The third-order valence-electron chi connectivity index (χ3n) is 4.77. The van der Waals surface area contributed by atoms with E-state index < -0.39 is 34.0 Å². The van der Waals surface area contributed by atoms with Crippen molar-refractivity contribution < 1.29 is 28.1 Å². The summed E-state index contributed by atoms with van der Waals surface area (Å²) in [5, 5.41) is 20.5. The Hall–Kier alpha value is -1.97. The molecule has 0 aliphatic carbocycles. The lowest BCUT2D eigenvalue weighted by Gasteiger charge is -2.40. The average Bonchev–Trinajstić information content (AvgIpc) is 2.69. The zero-order valence-electron chi connectivity index (χ0n) is 15.6. The average molecular weight is 407 g/mol. The lowest BCUT2D eigenvalue weighted by atomic mass is 10.1. The van der Waals surface area contributed by atoms with E-state index in [1.54, 1.807) is 24.3 Å². The van der Waals surface area contributed by atoms with Gasteiger partial charge < -0.3 is 19.7 Å². The molecule has 0 spiro atoms. The van der Waals surface area contributed by atoms with Crippen LogP contribution in [0.1, 0.15) is 11.1 Å². The standard InChI is InChI=1S/C20H25NO6S/c1-26-17-9-5-8-16(10-17)11-21-18(20(23)19(22)14-28(21,24)25)13-27-12-15-6-3-2-4-7-15/h2-10,18-20,22-23H,11-14H2,1H3/t18-,19-,20-/m1/s1. The summed E-state index contributed by atoms with van der Waals surface area (Å²) in [5.41, 5.74) is 1.66. The lowest BCUT2D eigenvalue weighted by Crippen LogP contribution is -2.60. The molecule has 1 heterocycles. The van der Waals surface area contributed by atoms with Gasteiger partial charge in [-0.3, -0.25) is 0 Å². The van der Waals surface area contributed by atoms with E-state index in [1.165, 1.54) is 11.4 Å². The monoisotopic (exact) mass is 407 g/mol. The van der Waals surface area contributed by atoms with Crippen LogP contribution in [0, 0.1) is 0 Å². The van der Waals surface area contributed by atoms with E-state index in [-0.39, 0.29) is 19.8 Å². The zero-order chi connectivity index (χ0) is 20.1. The highest BCUT2D eigenvalue weighted by atomic mass is 32.2. The first-order chi connectivity index (χ1) is 13.4. The van der Waals surface area contributed by atoms with Crippen molar-refractivity contribution in [1.82, 2.24) is 4.31 Å². The van der Waals surface area contributed by atoms with Gasteiger partial charge >= 0.3 is 0 Å². The fourth-order valence-electron chi connectivity index (χ4n) is 3.26. The van der Waals surface area contributed by atoms with Crippen molar-refractivity contribution in [1.29, 1.82) is 0 Å². The Morgan fingerprint density at radius 2 is 1.79 bits per heavy atom. The SMILES string of the molecule is COc1cccc(CN2[C@H](COCc3ccccc3)[C@@H](O)[C@H](O)CS2(=O)=O)c1. The summed E-state index contributed by atoms with van der Waals surface area (Å²) >= 11 is 0. The zero-order valence-corrected chi connectivity index (χ0v) is 16.5. The fraction of sp³-hybridized carbons (Fsp3) is 0.400. The highest BCUT2D eigenvalue weighted by Crippen LogP contribution is 2.26. The van der Waals surface area contributed by atoms with Crippen LogP contribution in [0.3, 0.4) is 0 Å². The van der Waals surface area contributed by atoms with E-state index in [1.807, 2.05) is 30.3 Å². The second-order valence-corrected chi connectivity index (χ2v) is 8.77. The van der Waals surface area contributed by atoms with Crippen LogP contribution in [0.5, 0.6) is 5.75 Å². The number of sulfonamides is 1. The molecule has 0 bridgehead atoms. The van der Waals surface area contributed by atoms with Crippen LogP contribution in [-0.4, -0.2) is 60.7 Å². The molecule has 152 valence electrons. The second-order valence-electron chi connectivity index (χ2n) is 6.80. The summed E-state index contributed by atoms with van der Waals surface area (Å²) in [6.45, 7) is 0.312. The highest BCUT2D eigenvalue weighted by molar-refractivity contribution is 7.89. The van der Waals surface area contributed by atoms with Gasteiger partial charge in [0.15, 0.2) is 0 Å². The van der Waals surface area contributed by atoms with E-state index in [2.05, 4.69) is 0 Å². The van der Waals surface area contributed by atoms with Crippen LogP contribution in [0.2, 0.25) is 0 Å². The maximum atomic E-state index is 12.7. The van der Waals surface area contributed by atoms with E-state index in [0.717, 1.165) is 11.1 Å². The largest absolute Gasteiger partial charge is 0.497 e. The minimum Gasteiger partial charge on any atom is -0.497 e. The summed E-state index contributed by atoms with van der Waals surface area (Å²) in [6.07, 6.45) is -2.58. The Labute approximate surface area is 165 Å². The number of benzene rings is 2. The first kappa shape index (κ1) is 20.8. The molecule has 1 fully saturated rings. The third kappa shape index (κ3) is 4.89. The molecule has 1 aliphatic rings. The van der Waals surface area contributed by atoms with Crippen molar-refractivity contribution in [3.63, 3.8) is 0 Å². The number of nitrogens with zero attached hydrogens (tertiary/aromatic N) is 1. The predicted molar refractivity (Wildman–Crippen MR) is 104 cm³/mol. The van der Waals surface area contributed by atoms with Gasteiger partial charge in [0.1, 0.15) is 5.75 Å². The molecule has 1 aliphatic heterocycles. The van der Waals surface area contributed by atoms with Gasteiger partial charge in [-0.25, -0.2) is 8.42 Å². The number of methoxy groups -OCH3 is 1. The van der Waals surface area contributed by atoms with Gasteiger partial charge in [-0.2, -0.15) is 4.31 Å². The highest BCUT2D eigenvalue weighted by Gasteiger charge is 2.45. The molecule has 8 heteroatoms. The van der Waals surface area contributed by atoms with Crippen molar-refractivity contribution in [3.05, 3.63) is 65.7 Å². The third-order valence-corrected chi connectivity index (χ3v) is 6.65. The van der Waals surface area contributed by atoms with E-state index in [4.69, 9.17) is 9.47 Å². The quantitative estimate of drug-likeness (QED) is 0.715. The molecule has 0 amide bonds. The number of aliphatic hydroxyl groups is 2. The van der Waals surface area contributed by atoms with Gasteiger partial charge in [0.2, 0.25) is 10.0 Å². The summed E-state index contributed by atoms with van der Waals surface area (Å²) < 4.78 is 37.5. The van der Waals surface area contributed by atoms with Crippen molar-refractivity contribution in [2.75, 3.05) is 19.5 Å². The first-order valence-corrected chi connectivity index (χ1v) is 10.6. The van der Waals surface area contributed by atoms with Crippen LogP contribution < -0.4 is 4.74 Å². The maximum absolute atomic E-state index is 12.7. The van der Waals surface area contributed by atoms with Crippen LogP contribution in [0.15, 0.2) is 54.6 Å². The molecule has 0 saturated carbocycles. The summed E-state index contributed by atoms with van der Waals surface area (Å²) in [6, 6.07) is 15.7. The fourth-order valence-corrected chi connectivity index (χ4v) is 5.03. The smallest absolute Gasteiger partial charge is 0.217 e. The second kappa shape index (κ2) is 9.02. The van der Waals surface area contributed by atoms with Gasteiger partial charge in [0.05, 0.1) is 44.3 Å². The van der Waals surface area contributed by atoms with Crippen molar-refractivity contribution in [3.8, 4) is 5.75 Å². The van der Waals surface area contributed by atoms with Crippen molar-refractivity contribution >= 4 is 10.0 Å². The normalized spacial score (nSPS) is 24.8. The van der Waals surface area contributed by atoms with Crippen molar-refractivity contribution in [2.24, 2.45) is 0 Å². The van der Waals surface area contributed by atoms with Crippen LogP contribution in [0.25, 0.3) is 0 Å². The Morgan fingerprint density at radius 1 is 1.07 bits per heavy atom. The molecule has 0 radical (unpaired) electrons. The van der Waals surface area contributed by atoms with Gasteiger partial charge in [0.25, 0.3) is 0 Å². The molecule has 0 unspecified atom stereocenters. The number of hydrogen-bond acceptors (Lipinski definition) is 6. The minimum atomic E-state index is -3.77. The number of aliphatic hydroxyl groups excluding tert-OH is 2. The Morgan fingerprint density at radius 3 is 2.50 bits per heavy atom. The number of hydrogen-bond donors (Lipinski definition) is 2. The van der Waals surface area contributed by atoms with E-state index >= 15 is 0 Å². The van der Waals surface area contributed by atoms with Gasteiger partial charge in [0, 0.05) is 6.54 Å². The molecule has 2 aromatic rings. The Kier molecular flexibility index (Phi) is 6.69. The molecule has 7 nitrogen and oxygen atoms in total. The number of rotatable bonds is 7. The molecule has 3 rings (SSSR count). The molecule has 2 aromatic carbocycles. The lowest BCUT2D eigenvalue weighted by molar-refractivity contribution is -0.0530. The molecule has 2 N–H and O–H groups in total. The Balaban J connectivity index is 1.77. The van der Waals surface area contributed by atoms with Crippen LogP contribution >= 0.6 is 0 Å². The van der Waals surface area contributed by atoms with Gasteiger partial charge in [-0.1, -0.05) is 42.5 Å². The van der Waals surface area contributed by atoms with Crippen LogP contribution in [0.4, 0.5) is 0 Å². The first-order valence-electron chi connectivity index (χ1n) is 9.01. The number of ether oxygens (including phenoxy) is 2. The van der Waals surface area contributed by atoms with Gasteiger partial charge in [-0.15, -0.1) is 0 Å². The molecule has 28 heavy (non-hydrogen) atoms. The topological polar surface area (TPSA) is 96.3 Å². The van der Waals surface area contributed by atoms with E-state index in [0.29, 0.717) is 5.75 Å². The van der Waals surface area contributed by atoms with Gasteiger partial charge in [-0.05, 0) is 23.3 Å². The van der Waals surface area contributed by atoms with Crippen LogP contribution in [-0.2, 0) is 27.9 Å². The summed E-state index contributed by atoms with van der Waals surface area (Å²) in [4.78, 5) is 0. The minimum absolute atomic E-state index is 0.0314. The van der Waals surface area contributed by atoms with E-state index in [9.17, 15) is 18.6 Å². The molecular weight excluding hydrogens is 382 g/mol. The molecule has 0 aromatic heterocycles. The Bertz CT molecular complexity index is 873. The van der Waals surface area contributed by atoms with Crippen molar-refractivity contribution in [2.45, 2.75) is 31.4 Å². The molecule has 1 saturated heterocycles. The maximum Gasteiger partial charge on any atom is 0.217 e. The predicted octanol–water partition coefficient (Wildman–Crippen LogP) is 1.15. The molecule has 3 atom stereocenters. The summed E-state index contributed by atoms with van der Waals surface area (Å²) in [7, 11) is -2.23.